The number of methoxy groups -OCH3 is 3. The quantitative estimate of drug-likeness (QED) is 0.536. The van der Waals surface area contributed by atoms with Gasteiger partial charge in [0.05, 0.1) is 34.0 Å². The maximum Gasteiger partial charge on any atom is 0.258 e. The zero-order valence-corrected chi connectivity index (χ0v) is 17.4. The zero-order chi connectivity index (χ0) is 21.3. The maximum absolute atomic E-state index is 12.8. The molecule has 2 N–H and O–H groups in total. The van der Waals surface area contributed by atoms with Crippen molar-refractivity contribution in [1.29, 1.82) is 0 Å². The van der Waals surface area contributed by atoms with E-state index >= 15 is 0 Å². The average Bonchev–Trinajstić information content (AvgIpc) is 3.30. The molecule has 1 aliphatic rings. The van der Waals surface area contributed by atoms with Crippen LogP contribution in [0.15, 0.2) is 47.5 Å². The third-order valence-electron chi connectivity index (χ3n) is 4.69. The van der Waals surface area contributed by atoms with Gasteiger partial charge >= 0.3 is 0 Å². The van der Waals surface area contributed by atoms with Crippen molar-refractivity contribution in [3.63, 3.8) is 0 Å². The Morgan fingerprint density at radius 3 is 2.63 bits per heavy atom. The third kappa shape index (κ3) is 5.64. The summed E-state index contributed by atoms with van der Waals surface area (Å²) in [6, 6.07) is 12.4. The summed E-state index contributed by atoms with van der Waals surface area (Å²) < 4.78 is 21.4. The number of benzene rings is 2. The van der Waals surface area contributed by atoms with Crippen LogP contribution in [-0.2, 0) is 4.74 Å². The van der Waals surface area contributed by atoms with Crippen LogP contribution in [0.5, 0.6) is 17.2 Å². The number of hydrogen-bond donors (Lipinski definition) is 2. The molecule has 2 aromatic carbocycles. The summed E-state index contributed by atoms with van der Waals surface area (Å²) in [7, 11) is 4.67. The minimum Gasteiger partial charge on any atom is -0.497 e. The fraction of sp³-hybridized carbons (Fsp3) is 0.364. The molecule has 30 heavy (non-hydrogen) atoms. The zero-order valence-electron chi connectivity index (χ0n) is 17.4. The van der Waals surface area contributed by atoms with E-state index in [2.05, 4.69) is 15.6 Å². The highest BCUT2D eigenvalue weighted by Crippen LogP contribution is 2.27. The van der Waals surface area contributed by atoms with Crippen molar-refractivity contribution in [3.05, 3.63) is 48.0 Å². The van der Waals surface area contributed by atoms with Crippen molar-refractivity contribution in [2.75, 3.05) is 39.8 Å². The molecule has 0 radical (unpaired) electrons. The number of amides is 1. The van der Waals surface area contributed by atoms with E-state index in [9.17, 15) is 4.79 Å². The molecule has 1 saturated heterocycles. The van der Waals surface area contributed by atoms with Crippen LogP contribution in [-0.4, -0.2) is 52.5 Å². The Bertz CT molecular complexity index is 894. The Morgan fingerprint density at radius 1 is 1.10 bits per heavy atom. The molecule has 3 rings (SSSR count). The van der Waals surface area contributed by atoms with Gasteiger partial charge in [-0.1, -0.05) is 6.07 Å². The van der Waals surface area contributed by atoms with E-state index in [0.29, 0.717) is 35.3 Å². The van der Waals surface area contributed by atoms with Gasteiger partial charge in [-0.25, -0.2) is 4.99 Å². The van der Waals surface area contributed by atoms with E-state index in [1.165, 1.54) is 7.11 Å². The second-order valence-electron chi connectivity index (χ2n) is 6.71. The van der Waals surface area contributed by atoms with E-state index < -0.39 is 0 Å². The van der Waals surface area contributed by atoms with Gasteiger partial charge in [0.1, 0.15) is 5.75 Å². The van der Waals surface area contributed by atoms with Gasteiger partial charge in [0, 0.05) is 23.9 Å². The van der Waals surface area contributed by atoms with E-state index in [0.717, 1.165) is 25.1 Å². The van der Waals surface area contributed by atoms with Crippen molar-refractivity contribution in [3.8, 4) is 17.2 Å². The molecule has 8 heteroatoms. The van der Waals surface area contributed by atoms with Crippen LogP contribution < -0.4 is 24.8 Å². The molecular formula is C22H27N3O5. The summed E-state index contributed by atoms with van der Waals surface area (Å²) in [6.07, 6.45) is 2.04. The number of nitrogens with zero attached hydrogens (tertiary/aromatic N) is 1. The maximum atomic E-state index is 12.8. The number of guanidine groups is 1. The van der Waals surface area contributed by atoms with Crippen LogP contribution in [0.3, 0.4) is 0 Å². The molecule has 0 saturated carbocycles. The van der Waals surface area contributed by atoms with Gasteiger partial charge in [0.2, 0.25) is 5.96 Å². The molecule has 2 aromatic rings. The summed E-state index contributed by atoms with van der Waals surface area (Å²) in [4.78, 5) is 17.4. The molecular weight excluding hydrogens is 386 g/mol. The van der Waals surface area contributed by atoms with Gasteiger partial charge in [-0.15, -0.1) is 0 Å². The first-order chi connectivity index (χ1) is 14.6. The molecule has 0 aromatic heterocycles. The summed E-state index contributed by atoms with van der Waals surface area (Å²) >= 11 is 0. The Kier molecular flexibility index (Phi) is 7.51. The Balaban J connectivity index is 1.78. The summed E-state index contributed by atoms with van der Waals surface area (Å²) in [5.74, 6) is 1.74. The number of ether oxygens (including phenoxy) is 4. The van der Waals surface area contributed by atoms with Crippen molar-refractivity contribution in [2.24, 2.45) is 4.99 Å². The van der Waals surface area contributed by atoms with E-state index in [1.807, 2.05) is 24.3 Å². The normalized spacial score (nSPS) is 16.1. The second-order valence-corrected chi connectivity index (χ2v) is 6.71. The molecule has 1 atom stereocenters. The van der Waals surface area contributed by atoms with Crippen LogP contribution in [0.4, 0.5) is 5.69 Å². The number of nitrogens with one attached hydrogen (secondary N) is 2. The summed E-state index contributed by atoms with van der Waals surface area (Å²) in [6.45, 7) is 1.20. The minimum absolute atomic E-state index is 0.0603. The van der Waals surface area contributed by atoms with Crippen LogP contribution in [0.25, 0.3) is 0 Å². The lowest BCUT2D eigenvalue weighted by Gasteiger charge is -2.15. The lowest BCUT2D eigenvalue weighted by atomic mass is 10.2. The van der Waals surface area contributed by atoms with Crippen molar-refractivity contribution < 1.29 is 23.7 Å². The number of hydrogen-bond acceptors (Lipinski definition) is 6. The van der Waals surface area contributed by atoms with Gasteiger partial charge in [0.15, 0.2) is 11.5 Å². The second kappa shape index (κ2) is 10.5. The smallest absolute Gasteiger partial charge is 0.258 e. The molecule has 1 amide bonds. The third-order valence-corrected chi connectivity index (χ3v) is 4.69. The lowest BCUT2D eigenvalue weighted by molar-refractivity contribution is 0.0975. The number of carbonyl (C=O) groups is 1. The van der Waals surface area contributed by atoms with Crippen LogP contribution in [0.1, 0.15) is 23.2 Å². The molecule has 1 fully saturated rings. The molecule has 0 bridgehead atoms. The van der Waals surface area contributed by atoms with Gasteiger partial charge in [0.25, 0.3) is 5.91 Å². The number of rotatable bonds is 7. The fourth-order valence-electron chi connectivity index (χ4n) is 3.09. The predicted octanol–water partition coefficient (Wildman–Crippen LogP) is 3.09. The minimum atomic E-state index is -0.322. The van der Waals surface area contributed by atoms with Gasteiger partial charge in [-0.3, -0.25) is 10.1 Å². The number of carbonyl (C=O) groups excluding carboxylic acids is 1. The predicted molar refractivity (Wildman–Crippen MR) is 115 cm³/mol. The number of aliphatic imine (C=N–C) groups is 1. The standard InChI is InChI=1S/C22H27N3O5/c1-27-17-7-4-6-16(13-17)24-22(23-14-18-8-5-11-30-18)25-21(26)15-9-10-19(28-2)20(12-15)29-3/h4,6-7,9-10,12-13,18H,5,8,11,14H2,1-3H3,(H2,23,24,25,26)/t18-/m0/s1. The first kappa shape index (κ1) is 21.4. The van der Waals surface area contributed by atoms with Gasteiger partial charge in [-0.2, -0.15) is 0 Å². The van der Waals surface area contributed by atoms with Crippen molar-refractivity contribution in [1.82, 2.24) is 5.32 Å². The molecule has 1 aliphatic heterocycles. The van der Waals surface area contributed by atoms with E-state index in [-0.39, 0.29) is 12.0 Å². The van der Waals surface area contributed by atoms with Crippen molar-refractivity contribution >= 4 is 17.6 Å². The Hall–Kier alpha value is -3.26. The molecule has 8 nitrogen and oxygen atoms in total. The van der Waals surface area contributed by atoms with Gasteiger partial charge < -0.3 is 24.3 Å². The topological polar surface area (TPSA) is 90.4 Å². The van der Waals surface area contributed by atoms with Crippen LogP contribution in [0, 0.1) is 0 Å². The lowest BCUT2D eigenvalue weighted by Crippen LogP contribution is -2.36. The molecule has 0 unspecified atom stereocenters. The summed E-state index contributed by atoms with van der Waals surface area (Å²) in [5.41, 5.74) is 1.16. The van der Waals surface area contributed by atoms with Gasteiger partial charge in [-0.05, 0) is 43.2 Å². The van der Waals surface area contributed by atoms with E-state index in [4.69, 9.17) is 18.9 Å². The highest BCUT2D eigenvalue weighted by atomic mass is 16.5. The first-order valence-corrected chi connectivity index (χ1v) is 9.73. The first-order valence-electron chi connectivity index (χ1n) is 9.73. The average molecular weight is 413 g/mol. The highest BCUT2D eigenvalue weighted by Gasteiger charge is 2.17. The Labute approximate surface area is 176 Å². The number of anilines is 1. The monoisotopic (exact) mass is 413 g/mol. The fourth-order valence-corrected chi connectivity index (χ4v) is 3.09. The largest absolute Gasteiger partial charge is 0.497 e. The van der Waals surface area contributed by atoms with E-state index in [1.54, 1.807) is 32.4 Å². The molecule has 0 spiro atoms. The van der Waals surface area contributed by atoms with Crippen LogP contribution in [0.2, 0.25) is 0 Å². The molecule has 0 aliphatic carbocycles. The molecule has 1 heterocycles. The Morgan fingerprint density at radius 2 is 1.93 bits per heavy atom. The van der Waals surface area contributed by atoms with Crippen LogP contribution >= 0.6 is 0 Å². The molecule has 160 valence electrons. The highest BCUT2D eigenvalue weighted by molar-refractivity contribution is 6.10. The van der Waals surface area contributed by atoms with Crippen molar-refractivity contribution in [2.45, 2.75) is 18.9 Å². The summed E-state index contributed by atoms with van der Waals surface area (Å²) in [5, 5.41) is 6.00. The SMILES string of the molecule is COc1cccc(NC(=NC[C@@H]2CCCO2)NC(=O)c2ccc(OC)c(OC)c2)c1.